The van der Waals surface area contributed by atoms with Gasteiger partial charge in [-0.15, -0.1) is 0 Å². The van der Waals surface area contributed by atoms with Crippen molar-refractivity contribution >= 4 is 51.7 Å². The summed E-state index contributed by atoms with van der Waals surface area (Å²) in [5.74, 6) is 0.630. The van der Waals surface area contributed by atoms with Crippen LogP contribution in [0.1, 0.15) is 43.5 Å². The van der Waals surface area contributed by atoms with Gasteiger partial charge in [0.2, 0.25) is 0 Å². The molecule has 2 aromatic heterocycles. The summed E-state index contributed by atoms with van der Waals surface area (Å²) in [5, 5.41) is 3.28. The quantitative estimate of drug-likeness (QED) is 0.396. The highest BCUT2D eigenvalue weighted by molar-refractivity contribution is 8.26. The van der Waals surface area contributed by atoms with Crippen LogP contribution >= 0.6 is 24.0 Å². The first kappa shape index (κ1) is 23.2. The number of pyridine rings is 1. The molecule has 0 aliphatic carbocycles. The monoisotopic (exact) mass is 478 g/mol. The van der Waals surface area contributed by atoms with Crippen LogP contribution in [0.25, 0.3) is 11.7 Å². The molecule has 6 nitrogen and oxygen atoms in total. The maximum Gasteiger partial charge on any atom is 0.267 e. The smallest absolute Gasteiger partial charge is 0.267 e. The Morgan fingerprint density at radius 2 is 1.85 bits per heavy atom. The molecule has 1 fully saturated rings. The molecule has 0 radical (unpaired) electrons. The number of hydrogen-bond acceptors (Lipinski definition) is 6. The summed E-state index contributed by atoms with van der Waals surface area (Å²) in [6, 6.07) is 13.3. The van der Waals surface area contributed by atoms with Gasteiger partial charge in [-0.3, -0.25) is 18.9 Å². The fraction of sp³-hybridized carbons (Fsp3) is 0.280. The Kier molecular flexibility index (Phi) is 6.67. The molecule has 0 saturated carbocycles. The number of thioether (sulfide) groups is 1. The van der Waals surface area contributed by atoms with Crippen LogP contribution in [0.2, 0.25) is 0 Å². The third-order valence-corrected chi connectivity index (χ3v) is 6.78. The van der Waals surface area contributed by atoms with Crippen LogP contribution in [-0.2, 0) is 4.79 Å². The van der Waals surface area contributed by atoms with Crippen LogP contribution in [0.15, 0.2) is 58.4 Å². The normalized spacial score (nSPS) is 16.3. The fourth-order valence-corrected chi connectivity index (χ4v) is 5.05. The lowest BCUT2D eigenvalue weighted by atomic mass is 10.1. The highest BCUT2D eigenvalue weighted by Gasteiger charge is 2.36. The van der Waals surface area contributed by atoms with E-state index in [-0.39, 0.29) is 17.5 Å². The molecule has 0 bridgehead atoms. The number of carbonyl (C=O) groups excluding carboxylic acids is 1. The number of thiocarbonyl (C=S) groups is 1. The zero-order valence-electron chi connectivity index (χ0n) is 19.0. The lowest BCUT2D eigenvalue weighted by Crippen LogP contribution is -2.31. The van der Waals surface area contributed by atoms with E-state index in [0.29, 0.717) is 38.7 Å². The van der Waals surface area contributed by atoms with Gasteiger partial charge in [0.1, 0.15) is 15.8 Å². The number of carbonyl (C=O) groups is 1. The maximum atomic E-state index is 13.4. The number of nitrogens with one attached hydrogen (secondary N) is 1. The molecule has 1 aliphatic rings. The molecule has 3 aromatic rings. The van der Waals surface area contributed by atoms with E-state index in [9.17, 15) is 9.59 Å². The van der Waals surface area contributed by atoms with Gasteiger partial charge in [-0.1, -0.05) is 74.2 Å². The predicted octanol–water partition coefficient (Wildman–Crippen LogP) is 5.03. The second-order valence-corrected chi connectivity index (χ2v) is 10.2. The molecular formula is C25H26N4O2S2. The Morgan fingerprint density at radius 1 is 1.12 bits per heavy atom. The molecule has 33 heavy (non-hydrogen) atoms. The Morgan fingerprint density at radius 3 is 2.55 bits per heavy atom. The van der Waals surface area contributed by atoms with Crippen molar-refractivity contribution in [3.63, 3.8) is 0 Å². The zero-order chi connectivity index (χ0) is 23.7. The average Bonchev–Trinajstić information content (AvgIpc) is 3.07. The van der Waals surface area contributed by atoms with Crippen molar-refractivity contribution in [3.05, 3.63) is 80.6 Å². The minimum Gasteiger partial charge on any atom is -0.369 e. The standard InChI is InChI=1S/C25H26N4O2S2/c1-15(2)13-26-22-19(23(30)28-14-16(3)10-11-21(28)27-22)12-20-24(31)29(25(32)33-20)17(4)18-8-6-5-7-9-18/h5-12,14-15,17,26H,13H2,1-4H3/b20-12-/t17-/m1/s1. The van der Waals surface area contributed by atoms with E-state index in [0.717, 1.165) is 11.1 Å². The van der Waals surface area contributed by atoms with E-state index in [2.05, 4.69) is 24.1 Å². The zero-order valence-corrected chi connectivity index (χ0v) is 20.7. The third kappa shape index (κ3) is 4.72. The van der Waals surface area contributed by atoms with Crippen molar-refractivity contribution in [3.8, 4) is 0 Å². The van der Waals surface area contributed by atoms with Gasteiger partial charge in [-0.25, -0.2) is 4.98 Å². The SMILES string of the molecule is Cc1ccc2nc(NCC(C)C)c(/C=C3\SC(=S)N([C@H](C)c4ccccc4)C3=O)c(=O)n2c1. The molecule has 1 N–H and O–H groups in total. The molecular weight excluding hydrogens is 452 g/mol. The predicted molar refractivity (Wildman–Crippen MR) is 139 cm³/mol. The molecule has 1 amide bonds. The van der Waals surface area contributed by atoms with Gasteiger partial charge in [-0.2, -0.15) is 0 Å². The van der Waals surface area contributed by atoms with Crippen molar-refractivity contribution in [1.82, 2.24) is 14.3 Å². The van der Waals surface area contributed by atoms with E-state index in [1.165, 1.54) is 16.2 Å². The lowest BCUT2D eigenvalue weighted by Gasteiger charge is -2.23. The summed E-state index contributed by atoms with van der Waals surface area (Å²) in [6.07, 6.45) is 3.39. The van der Waals surface area contributed by atoms with Gasteiger partial charge in [-0.05, 0) is 43.0 Å². The van der Waals surface area contributed by atoms with Gasteiger partial charge < -0.3 is 5.32 Å². The number of benzene rings is 1. The first-order valence-corrected chi connectivity index (χ1v) is 12.1. The van der Waals surface area contributed by atoms with Crippen LogP contribution in [0, 0.1) is 12.8 Å². The second-order valence-electron chi connectivity index (χ2n) is 8.53. The Labute approximate surface area is 202 Å². The van der Waals surface area contributed by atoms with E-state index >= 15 is 0 Å². The molecule has 1 atom stereocenters. The van der Waals surface area contributed by atoms with Crippen LogP contribution in [0.5, 0.6) is 0 Å². The maximum absolute atomic E-state index is 13.4. The topological polar surface area (TPSA) is 66.7 Å². The summed E-state index contributed by atoms with van der Waals surface area (Å²) in [4.78, 5) is 33.5. The van der Waals surface area contributed by atoms with Gasteiger partial charge in [0.05, 0.1) is 16.5 Å². The van der Waals surface area contributed by atoms with E-state index in [1.54, 1.807) is 17.2 Å². The molecule has 1 aliphatic heterocycles. The highest BCUT2D eigenvalue weighted by atomic mass is 32.2. The molecule has 170 valence electrons. The number of nitrogens with zero attached hydrogens (tertiary/aromatic N) is 3. The van der Waals surface area contributed by atoms with Gasteiger partial charge in [0.15, 0.2) is 0 Å². The Bertz CT molecular complexity index is 1320. The highest BCUT2D eigenvalue weighted by Crippen LogP contribution is 2.38. The van der Waals surface area contributed by atoms with Crippen molar-refractivity contribution in [2.75, 3.05) is 11.9 Å². The van der Waals surface area contributed by atoms with Crippen LogP contribution < -0.4 is 10.9 Å². The molecule has 0 spiro atoms. The minimum atomic E-state index is -0.226. The molecule has 1 aromatic carbocycles. The molecule has 0 unspecified atom stereocenters. The van der Waals surface area contributed by atoms with E-state index < -0.39 is 0 Å². The van der Waals surface area contributed by atoms with Crippen molar-refractivity contribution < 1.29 is 4.79 Å². The first-order valence-electron chi connectivity index (χ1n) is 10.8. The summed E-state index contributed by atoms with van der Waals surface area (Å²) in [6.45, 7) is 8.70. The molecule has 3 heterocycles. The van der Waals surface area contributed by atoms with Crippen LogP contribution in [0.4, 0.5) is 5.82 Å². The van der Waals surface area contributed by atoms with Crippen LogP contribution in [-0.4, -0.2) is 31.1 Å². The number of anilines is 1. The van der Waals surface area contributed by atoms with Gasteiger partial charge in [0.25, 0.3) is 11.5 Å². The number of aromatic nitrogens is 2. The fourth-order valence-electron chi connectivity index (χ4n) is 3.65. The van der Waals surface area contributed by atoms with Gasteiger partial charge in [0, 0.05) is 12.7 Å². The Balaban J connectivity index is 1.78. The molecule has 1 saturated heterocycles. The lowest BCUT2D eigenvalue weighted by molar-refractivity contribution is -0.123. The van der Waals surface area contributed by atoms with E-state index in [4.69, 9.17) is 12.2 Å². The van der Waals surface area contributed by atoms with Crippen molar-refractivity contribution in [1.29, 1.82) is 0 Å². The summed E-state index contributed by atoms with van der Waals surface area (Å²) < 4.78 is 2.00. The molecule has 4 rings (SSSR count). The summed E-state index contributed by atoms with van der Waals surface area (Å²) >= 11 is 6.76. The minimum absolute atomic E-state index is 0.204. The first-order chi connectivity index (χ1) is 15.8. The second kappa shape index (κ2) is 9.49. The van der Waals surface area contributed by atoms with Crippen molar-refractivity contribution in [2.45, 2.75) is 33.7 Å². The summed E-state index contributed by atoms with van der Waals surface area (Å²) in [7, 11) is 0. The average molecular weight is 479 g/mol. The summed E-state index contributed by atoms with van der Waals surface area (Å²) in [5.41, 5.74) is 2.63. The third-order valence-electron chi connectivity index (χ3n) is 5.45. The Hall–Kier alpha value is -2.97. The largest absolute Gasteiger partial charge is 0.369 e. The number of aryl methyl sites for hydroxylation is 1. The van der Waals surface area contributed by atoms with Crippen LogP contribution in [0.3, 0.4) is 0 Å². The number of fused-ring (bicyclic) bond motifs is 1. The number of rotatable bonds is 6. The molecule has 8 heteroatoms. The number of hydrogen-bond donors (Lipinski definition) is 1. The van der Waals surface area contributed by atoms with E-state index in [1.807, 2.05) is 56.3 Å². The van der Waals surface area contributed by atoms with Gasteiger partial charge >= 0.3 is 0 Å². The van der Waals surface area contributed by atoms with Crippen molar-refractivity contribution in [2.24, 2.45) is 5.92 Å². The number of amides is 1.